The van der Waals surface area contributed by atoms with Crippen LogP contribution in [0.1, 0.15) is 29.9 Å². The van der Waals surface area contributed by atoms with Crippen LogP contribution in [-0.4, -0.2) is 46.4 Å². The molecule has 1 atom stereocenters. The monoisotopic (exact) mass is 411 g/mol. The van der Waals surface area contributed by atoms with Gasteiger partial charge >= 0.3 is 5.97 Å². The average Bonchev–Trinajstić information content (AvgIpc) is 3.18. The molecule has 0 aliphatic heterocycles. The molecule has 0 saturated heterocycles. The molecule has 3 rings (SSSR count). The van der Waals surface area contributed by atoms with E-state index in [2.05, 4.69) is 4.98 Å². The Balaban J connectivity index is 1.60. The summed E-state index contributed by atoms with van der Waals surface area (Å²) in [5.41, 5.74) is 2.56. The van der Waals surface area contributed by atoms with E-state index < -0.39 is 0 Å². The zero-order valence-corrected chi connectivity index (χ0v) is 17.7. The summed E-state index contributed by atoms with van der Waals surface area (Å²) in [6, 6.07) is 13.5. The molecule has 0 radical (unpaired) electrons. The second-order valence-corrected chi connectivity index (χ2v) is 7.83. The van der Waals surface area contributed by atoms with Gasteiger partial charge in [-0.3, -0.25) is 9.59 Å². The third-order valence-electron chi connectivity index (χ3n) is 4.67. The second kappa shape index (κ2) is 9.60. The third kappa shape index (κ3) is 5.17. The predicted octanol–water partition coefficient (Wildman–Crippen LogP) is 3.90. The van der Waals surface area contributed by atoms with Crippen molar-refractivity contribution < 1.29 is 14.3 Å². The Kier molecular flexibility index (Phi) is 6.93. The Hall–Kier alpha value is -2.80. The maximum atomic E-state index is 12.8. The topological polar surface area (TPSA) is 63.9 Å². The Bertz CT molecular complexity index is 951. The van der Waals surface area contributed by atoms with Crippen molar-refractivity contribution >= 4 is 29.3 Å². The lowest BCUT2D eigenvalue weighted by molar-refractivity contribution is -0.145. The van der Waals surface area contributed by atoms with Crippen molar-refractivity contribution in [1.82, 2.24) is 14.3 Å². The molecule has 152 valence electrons. The highest BCUT2D eigenvalue weighted by atomic mass is 32.2. The van der Waals surface area contributed by atoms with E-state index in [4.69, 9.17) is 4.74 Å². The maximum Gasteiger partial charge on any atom is 0.310 e. The molecular weight excluding hydrogens is 386 g/mol. The highest BCUT2D eigenvalue weighted by Crippen LogP contribution is 2.23. The van der Waals surface area contributed by atoms with E-state index in [1.54, 1.807) is 23.6 Å². The minimum absolute atomic E-state index is 0.0832. The molecular formula is C22H25N3O3S. The lowest BCUT2D eigenvalue weighted by atomic mass is 10.1. The number of carbonyl (C=O) groups is 2. The fourth-order valence-electron chi connectivity index (χ4n) is 3.05. The number of pyridine rings is 1. The van der Waals surface area contributed by atoms with E-state index in [-0.39, 0.29) is 17.8 Å². The van der Waals surface area contributed by atoms with Gasteiger partial charge < -0.3 is 14.0 Å². The fourth-order valence-corrected chi connectivity index (χ4v) is 3.83. The Labute approximate surface area is 174 Å². The smallest absolute Gasteiger partial charge is 0.310 e. The number of fused-ring (bicyclic) bond motifs is 1. The summed E-state index contributed by atoms with van der Waals surface area (Å²) < 4.78 is 6.76. The summed E-state index contributed by atoms with van der Waals surface area (Å²) in [5.74, 6) is 0.00596. The number of amides is 1. The molecule has 6 nitrogen and oxygen atoms in total. The van der Waals surface area contributed by atoms with Gasteiger partial charge in [-0.05, 0) is 43.3 Å². The summed E-state index contributed by atoms with van der Waals surface area (Å²) >= 11 is 1.68. The molecule has 0 aliphatic carbocycles. The van der Waals surface area contributed by atoms with Crippen LogP contribution < -0.4 is 0 Å². The van der Waals surface area contributed by atoms with Crippen LogP contribution in [0.2, 0.25) is 0 Å². The van der Waals surface area contributed by atoms with Gasteiger partial charge in [-0.2, -0.15) is 0 Å². The van der Waals surface area contributed by atoms with Gasteiger partial charge in [-0.15, -0.1) is 11.8 Å². The first-order chi connectivity index (χ1) is 14.0. The predicted molar refractivity (Wildman–Crippen MR) is 114 cm³/mol. The van der Waals surface area contributed by atoms with E-state index in [0.29, 0.717) is 18.7 Å². The quantitative estimate of drug-likeness (QED) is 0.416. The van der Waals surface area contributed by atoms with E-state index in [9.17, 15) is 9.59 Å². The molecule has 0 N–H and O–H groups in total. The number of imidazole rings is 1. The van der Waals surface area contributed by atoms with Crippen LogP contribution in [0.3, 0.4) is 0 Å². The van der Waals surface area contributed by atoms with Gasteiger partial charge in [0.05, 0.1) is 18.7 Å². The van der Waals surface area contributed by atoms with Crippen LogP contribution in [0.15, 0.2) is 59.8 Å². The van der Waals surface area contributed by atoms with E-state index in [0.717, 1.165) is 22.0 Å². The fraction of sp³-hybridized carbons (Fsp3) is 0.318. The first-order valence-electron chi connectivity index (χ1n) is 9.54. The molecule has 2 heterocycles. The number of benzene rings is 1. The van der Waals surface area contributed by atoms with E-state index >= 15 is 0 Å². The highest BCUT2D eigenvalue weighted by Gasteiger charge is 2.21. The molecule has 29 heavy (non-hydrogen) atoms. The molecule has 0 fully saturated rings. The Morgan fingerprint density at radius 3 is 2.62 bits per heavy atom. The normalized spacial score (nSPS) is 12.0. The molecule has 3 aromatic rings. The van der Waals surface area contributed by atoms with Crippen molar-refractivity contribution in [2.75, 3.05) is 20.2 Å². The lowest BCUT2D eigenvalue weighted by Crippen LogP contribution is -2.37. The van der Waals surface area contributed by atoms with Gasteiger partial charge in [0.15, 0.2) is 0 Å². The number of methoxy groups -OCH3 is 1. The van der Waals surface area contributed by atoms with E-state index in [1.807, 2.05) is 66.2 Å². The van der Waals surface area contributed by atoms with Crippen LogP contribution in [-0.2, 0) is 15.3 Å². The molecule has 0 saturated carbocycles. The second-order valence-electron chi connectivity index (χ2n) is 6.78. The molecule has 1 amide bonds. The van der Waals surface area contributed by atoms with Crippen LogP contribution in [0.25, 0.3) is 5.65 Å². The van der Waals surface area contributed by atoms with Crippen molar-refractivity contribution in [3.05, 3.63) is 66.1 Å². The van der Waals surface area contributed by atoms with Gasteiger partial charge in [-0.25, -0.2) is 4.98 Å². The van der Waals surface area contributed by atoms with Gasteiger partial charge in [0.1, 0.15) is 5.65 Å². The minimum Gasteiger partial charge on any atom is -0.469 e. The number of rotatable bonds is 8. The van der Waals surface area contributed by atoms with Gasteiger partial charge in [-0.1, -0.05) is 13.0 Å². The van der Waals surface area contributed by atoms with Crippen LogP contribution >= 0.6 is 11.8 Å². The molecule has 7 heteroatoms. The number of carbonyl (C=O) groups excluding carboxylic acids is 2. The van der Waals surface area contributed by atoms with Gasteiger partial charge in [0.2, 0.25) is 0 Å². The van der Waals surface area contributed by atoms with E-state index in [1.165, 1.54) is 7.11 Å². The number of aromatic nitrogens is 2. The zero-order chi connectivity index (χ0) is 20.8. The van der Waals surface area contributed by atoms with Gasteiger partial charge in [0, 0.05) is 41.7 Å². The number of hydrogen-bond acceptors (Lipinski definition) is 5. The first-order valence-corrected chi connectivity index (χ1v) is 10.5. The Morgan fingerprint density at radius 2 is 1.97 bits per heavy atom. The summed E-state index contributed by atoms with van der Waals surface area (Å²) in [6.45, 7) is 4.54. The van der Waals surface area contributed by atoms with Crippen molar-refractivity contribution in [3.63, 3.8) is 0 Å². The molecule has 1 unspecified atom stereocenters. The zero-order valence-electron chi connectivity index (χ0n) is 16.9. The molecule has 2 aromatic heterocycles. The number of ether oxygens (including phenoxy) is 1. The number of esters is 1. The number of thioether (sulfide) groups is 1. The Morgan fingerprint density at radius 1 is 1.21 bits per heavy atom. The van der Waals surface area contributed by atoms with Crippen molar-refractivity contribution in [2.45, 2.75) is 24.5 Å². The lowest BCUT2D eigenvalue weighted by Gasteiger charge is -2.23. The molecule has 1 aromatic carbocycles. The average molecular weight is 412 g/mol. The van der Waals surface area contributed by atoms with Crippen LogP contribution in [0.4, 0.5) is 0 Å². The van der Waals surface area contributed by atoms with Gasteiger partial charge in [0.25, 0.3) is 5.91 Å². The largest absolute Gasteiger partial charge is 0.469 e. The standard InChI is InChI=1S/C22H25N3O3S/c1-4-24(13-16(2)22(27)28-3)21(26)17-8-10-19(11-9-17)29-15-18-14-25-12-6-5-7-20(25)23-18/h5-12,14,16H,4,13,15H2,1-3H3. The number of hydrogen-bond donors (Lipinski definition) is 0. The van der Waals surface area contributed by atoms with Crippen LogP contribution in [0, 0.1) is 5.92 Å². The molecule has 0 bridgehead atoms. The molecule has 0 aliphatic rings. The van der Waals surface area contributed by atoms with Crippen molar-refractivity contribution in [3.8, 4) is 0 Å². The van der Waals surface area contributed by atoms with Crippen molar-refractivity contribution in [2.24, 2.45) is 5.92 Å². The number of nitrogens with zero attached hydrogens (tertiary/aromatic N) is 3. The third-order valence-corrected chi connectivity index (χ3v) is 5.71. The minimum atomic E-state index is -0.357. The first kappa shape index (κ1) is 20.9. The SMILES string of the molecule is CCN(CC(C)C(=O)OC)C(=O)c1ccc(SCc2cn3ccccc3n2)cc1. The van der Waals surface area contributed by atoms with Crippen molar-refractivity contribution in [1.29, 1.82) is 0 Å². The van der Waals surface area contributed by atoms with Crippen LogP contribution in [0.5, 0.6) is 0 Å². The summed E-state index contributed by atoms with van der Waals surface area (Å²) in [5, 5.41) is 0. The summed E-state index contributed by atoms with van der Waals surface area (Å²) in [7, 11) is 1.36. The summed E-state index contributed by atoms with van der Waals surface area (Å²) in [6.07, 6.45) is 4.01. The highest BCUT2D eigenvalue weighted by molar-refractivity contribution is 7.98. The molecule has 0 spiro atoms. The summed E-state index contributed by atoms with van der Waals surface area (Å²) in [4.78, 5) is 31.8. The maximum absolute atomic E-state index is 12.8.